The summed E-state index contributed by atoms with van der Waals surface area (Å²) < 4.78 is 15.9. The minimum absolute atomic E-state index is 0.491. The smallest absolute Gasteiger partial charge is 0.0762 e. The fourth-order valence-corrected chi connectivity index (χ4v) is 2.95. The van der Waals surface area contributed by atoms with Crippen molar-refractivity contribution in [2.24, 2.45) is 4.36 Å². The number of benzene rings is 1. The van der Waals surface area contributed by atoms with E-state index in [1.54, 1.807) is 6.26 Å². The third kappa shape index (κ3) is 1.14. The van der Waals surface area contributed by atoms with Crippen LogP contribution in [0.25, 0.3) is 0 Å². The molecule has 3 heteroatoms. The van der Waals surface area contributed by atoms with E-state index in [4.69, 9.17) is 6.42 Å². The van der Waals surface area contributed by atoms with Crippen LogP contribution in [0.15, 0.2) is 27.5 Å². The van der Waals surface area contributed by atoms with Gasteiger partial charge < -0.3 is 0 Å². The van der Waals surface area contributed by atoms with Crippen molar-refractivity contribution in [1.82, 2.24) is 0 Å². The summed E-state index contributed by atoms with van der Waals surface area (Å²) >= 11 is 0. The topological polar surface area (TPSA) is 29.4 Å². The van der Waals surface area contributed by atoms with E-state index in [0.29, 0.717) is 6.54 Å². The molecule has 0 amide bonds. The number of rotatable bonds is 0. The highest BCUT2D eigenvalue weighted by Crippen LogP contribution is 2.27. The van der Waals surface area contributed by atoms with Crippen LogP contribution in [0.5, 0.6) is 0 Å². The molecule has 1 aromatic rings. The maximum atomic E-state index is 11.8. The van der Waals surface area contributed by atoms with E-state index in [-0.39, 0.29) is 0 Å². The Balaban J connectivity index is 2.78. The van der Waals surface area contributed by atoms with E-state index >= 15 is 0 Å². The van der Waals surface area contributed by atoms with Gasteiger partial charge >= 0.3 is 0 Å². The van der Waals surface area contributed by atoms with Crippen molar-refractivity contribution in [1.29, 1.82) is 0 Å². The first kappa shape index (κ1) is 8.33. The molecule has 0 bridgehead atoms. The molecule has 0 radical (unpaired) electrons. The van der Waals surface area contributed by atoms with Gasteiger partial charge in [-0.3, -0.25) is 0 Å². The van der Waals surface area contributed by atoms with Crippen molar-refractivity contribution in [2.75, 3.05) is 6.26 Å². The van der Waals surface area contributed by atoms with Crippen LogP contribution in [0.4, 0.5) is 0 Å². The largest absolute Gasteiger partial charge is 0.245 e. The standard InChI is InChI=1S/C10H9NOS/c1-3-8-5-4-6-10-9(8)7-11-13(10,2)12/h1,4-6H,7H2,2H3. The summed E-state index contributed by atoms with van der Waals surface area (Å²) in [5.74, 6) is 2.58. The second kappa shape index (κ2) is 2.61. The van der Waals surface area contributed by atoms with Gasteiger partial charge in [0, 0.05) is 17.4 Å². The van der Waals surface area contributed by atoms with E-state index < -0.39 is 9.73 Å². The average Bonchev–Trinajstić information content (AvgIpc) is 2.43. The summed E-state index contributed by atoms with van der Waals surface area (Å²) in [6.07, 6.45) is 6.98. The molecular weight excluding hydrogens is 182 g/mol. The van der Waals surface area contributed by atoms with Crippen LogP contribution in [0.2, 0.25) is 0 Å². The fraction of sp³-hybridized carbons (Fsp3) is 0.200. The fourth-order valence-electron chi connectivity index (χ4n) is 1.48. The molecule has 0 N–H and O–H groups in total. The zero-order valence-corrected chi connectivity index (χ0v) is 8.10. The van der Waals surface area contributed by atoms with Crippen molar-refractivity contribution in [3.8, 4) is 12.3 Å². The molecule has 1 heterocycles. The predicted octanol–water partition coefficient (Wildman–Crippen LogP) is 1.64. The van der Waals surface area contributed by atoms with Crippen LogP contribution in [0, 0.1) is 12.3 Å². The minimum atomic E-state index is -2.16. The Labute approximate surface area is 78.2 Å². The lowest BCUT2D eigenvalue weighted by Gasteiger charge is -2.01. The van der Waals surface area contributed by atoms with Gasteiger partial charge in [0.1, 0.15) is 0 Å². The third-order valence-electron chi connectivity index (χ3n) is 2.17. The average molecular weight is 191 g/mol. The molecule has 0 aliphatic carbocycles. The second-order valence-electron chi connectivity index (χ2n) is 3.02. The summed E-state index contributed by atoms with van der Waals surface area (Å²) in [7, 11) is -2.16. The van der Waals surface area contributed by atoms with Gasteiger partial charge in [0.15, 0.2) is 0 Å². The first-order valence-electron chi connectivity index (χ1n) is 3.91. The van der Waals surface area contributed by atoms with Crippen molar-refractivity contribution < 1.29 is 4.21 Å². The maximum absolute atomic E-state index is 11.8. The van der Waals surface area contributed by atoms with Crippen molar-refractivity contribution in [3.63, 3.8) is 0 Å². The third-order valence-corrected chi connectivity index (χ3v) is 3.99. The van der Waals surface area contributed by atoms with Crippen LogP contribution in [0.1, 0.15) is 11.1 Å². The predicted molar refractivity (Wildman–Crippen MR) is 52.8 cm³/mol. The van der Waals surface area contributed by atoms with Crippen LogP contribution in [-0.4, -0.2) is 10.5 Å². The zero-order valence-electron chi connectivity index (χ0n) is 7.28. The summed E-state index contributed by atoms with van der Waals surface area (Å²) in [6, 6.07) is 5.53. The van der Waals surface area contributed by atoms with Gasteiger partial charge in [-0.25, -0.2) is 8.57 Å². The highest BCUT2D eigenvalue weighted by atomic mass is 32.2. The Hall–Kier alpha value is -1.27. The van der Waals surface area contributed by atoms with E-state index in [9.17, 15) is 4.21 Å². The van der Waals surface area contributed by atoms with Gasteiger partial charge in [-0.1, -0.05) is 12.0 Å². The van der Waals surface area contributed by atoms with Crippen molar-refractivity contribution in [3.05, 3.63) is 29.3 Å². The summed E-state index contributed by atoms with van der Waals surface area (Å²) in [6.45, 7) is 0.491. The van der Waals surface area contributed by atoms with E-state index in [2.05, 4.69) is 10.3 Å². The summed E-state index contributed by atoms with van der Waals surface area (Å²) in [5, 5.41) is 0. The molecule has 66 valence electrons. The second-order valence-corrected chi connectivity index (χ2v) is 5.32. The van der Waals surface area contributed by atoms with E-state index in [1.165, 1.54) is 0 Å². The van der Waals surface area contributed by atoms with Crippen LogP contribution >= 0.6 is 0 Å². The number of hydrogen-bond acceptors (Lipinski definition) is 2. The van der Waals surface area contributed by atoms with E-state index in [1.807, 2.05) is 18.2 Å². The van der Waals surface area contributed by atoms with Gasteiger partial charge in [0.25, 0.3) is 0 Å². The first-order valence-corrected chi connectivity index (χ1v) is 5.84. The highest BCUT2D eigenvalue weighted by Gasteiger charge is 2.19. The Kier molecular flexibility index (Phi) is 1.67. The van der Waals surface area contributed by atoms with Gasteiger partial charge in [0.2, 0.25) is 0 Å². The number of fused-ring (bicyclic) bond motifs is 1. The molecule has 0 aromatic heterocycles. The minimum Gasteiger partial charge on any atom is -0.245 e. The van der Waals surface area contributed by atoms with Crippen molar-refractivity contribution in [2.45, 2.75) is 11.4 Å². The summed E-state index contributed by atoms with van der Waals surface area (Å²) in [4.78, 5) is 0.808. The Morgan fingerprint density at radius 1 is 1.62 bits per heavy atom. The molecule has 1 unspecified atom stereocenters. The van der Waals surface area contributed by atoms with Crippen LogP contribution < -0.4 is 0 Å². The quantitative estimate of drug-likeness (QED) is 0.573. The Morgan fingerprint density at radius 3 is 3.08 bits per heavy atom. The molecule has 1 aliphatic rings. The Bertz CT molecular complexity index is 516. The van der Waals surface area contributed by atoms with Crippen LogP contribution in [0.3, 0.4) is 0 Å². The normalized spacial score (nSPS) is 24.6. The SMILES string of the molecule is C#Cc1cccc2c1CN=S2(C)=O. The van der Waals surface area contributed by atoms with Crippen LogP contribution in [-0.2, 0) is 16.3 Å². The molecule has 0 saturated heterocycles. The molecule has 2 nitrogen and oxygen atoms in total. The summed E-state index contributed by atoms with van der Waals surface area (Å²) in [5.41, 5.74) is 1.77. The van der Waals surface area contributed by atoms with Crippen molar-refractivity contribution >= 4 is 9.73 Å². The maximum Gasteiger partial charge on any atom is 0.0762 e. The molecule has 2 rings (SSSR count). The number of nitrogens with zero attached hydrogens (tertiary/aromatic N) is 1. The lowest BCUT2D eigenvalue weighted by Crippen LogP contribution is -1.95. The lowest BCUT2D eigenvalue weighted by atomic mass is 10.1. The molecule has 0 fully saturated rings. The number of hydrogen-bond donors (Lipinski definition) is 0. The monoisotopic (exact) mass is 191 g/mol. The molecule has 0 saturated carbocycles. The first-order chi connectivity index (χ1) is 6.15. The Morgan fingerprint density at radius 2 is 2.38 bits per heavy atom. The zero-order chi connectivity index (χ0) is 9.47. The lowest BCUT2D eigenvalue weighted by molar-refractivity contribution is 0.681. The molecule has 1 aromatic carbocycles. The number of terminal acetylenes is 1. The van der Waals surface area contributed by atoms with Gasteiger partial charge in [-0.05, 0) is 12.1 Å². The molecule has 0 spiro atoms. The molecular formula is C10H9NOS. The van der Waals surface area contributed by atoms with Gasteiger partial charge in [0.05, 0.1) is 21.2 Å². The molecule has 13 heavy (non-hydrogen) atoms. The van der Waals surface area contributed by atoms with Gasteiger partial charge in [-0.15, -0.1) is 6.42 Å². The van der Waals surface area contributed by atoms with Gasteiger partial charge in [-0.2, -0.15) is 0 Å². The molecule has 1 atom stereocenters. The van der Waals surface area contributed by atoms with E-state index in [0.717, 1.165) is 16.0 Å². The highest BCUT2D eigenvalue weighted by molar-refractivity contribution is 7.93. The molecule has 1 aliphatic heterocycles.